The first-order chi connectivity index (χ1) is 19.6. The molecule has 4 aromatic rings. The second kappa shape index (κ2) is 13.2. The van der Waals surface area contributed by atoms with Crippen molar-refractivity contribution in [3.8, 4) is 11.5 Å². The van der Waals surface area contributed by atoms with Crippen LogP contribution in [0.3, 0.4) is 0 Å². The van der Waals surface area contributed by atoms with Crippen molar-refractivity contribution < 1.29 is 19.0 Å². The fourth-order valence-corrected chi connectivity index (χ4v) is 4.32. The number of morpholine rings is 1. The molecule has 40 heavy (non-hydrogen) atoms. The van der Waals surface area contributed by atoms with Crippen molar-refractivity contribution in [3.05, 3.63) is 78.6 Å². The van der Waals surface area contributed by atoms with Gasteiger partial charge < -0.3 is 24.8 Å². The number of carbonyl (C=O) groups is 1. The highest BCUT2D eigenvalue weighted by Gasteiger charge is 2.15. The molecule has 2 aromatic heterocycles. The van der Waals surface area contributed by atoms with Crippen molar-refractivity contribution in [2.45, 2.75) is 6.61 Å². The third kappa shape index (κ3) is 7.00. The SMILES string of the molecule is C=CC(=O)Nc1cc2c(Nc3ccc(OCc4cnccn4)c(Cl)c3)ncnc2cc1OCCN1CCOCC1. The quantitative estimate of drug-likeness (QED) is 0.257. The van der Waals surface area contributed by atoms with Crippen molar-refractivity contribution >= 4 is 45.6 Å². The average molecular weight is 562 g/mol. The van der Waals surface area contributed by atoms with Crippen LogP contribution in [0.2, 0.25) is 5.02 Å². The number of rotatable bonds is 11. The van der Waals surface area contributed by atoms with Crippen molar-refractivity contribution in [1.29, 1.82) is 0 Å². The number of fused-ring (bicyclic) bond motifs is 1. The van der Waals surface area contributed by atoms with Gasteiger partial charge >= 0.3 is 0 Å². The minimum Gasteiger partial charge on any atom is -0.490 e. The Morgan fingerprint density at radius 2 is 1.98 bits per heavy atom. The second-order valence-electron chi connectivity index (χ2n) is 8.84. The molecular weight excluding hydrogens is 534 g/mol. The summed E-state index contributed by atoms with van der Waals surface area (Å²) in [6.07, 6.45) is 7.51. The van der Waals surface area contributed by atoms with E-state index in [9.17, 15) is 4.79 Å². The third-order valence-corrected chi connectivity index (χ3v) is 6.43. The van der Waals surface area contributed by atoms with Gasteiger partial charge in [-0.25, -0.2) is 9.97 Å². The van der Waals surface area contributed by atoms with Gasteiger partial charge in [0.25, 0.3) is 0 Å². The molecule has 206 valence electrons. The average Bonchev–Trinajstić information content (AvgIpc) is 2.98. The predicted molar refractivity (Wildman–Crippen MR) is 152 cm³/mol. The van der Waals surface area contributed by atoms with E-state index >= 15 is 0 Å². The van der Waals surface area contributed by atoms with Gasteiger partial charge in [0.1, 0.15) is 36.9 Å². The van der Waals surface area contributed by atoms with Crippen LogP contribution in [0.25, 0.3) is 10.9 Å². The Kier molecular flexibility index (Phi) is 8.96. The number of nitrogens with one attached hydrogen (secondary N) is 2. The molecule has 3 heterocycles. The molecule has 2 N–H and O–H groups in total. The van der Waals surface area contributed by atoms with Crippen LogP contribution >= 0.6 is 11.6 Å². The minimum absolute atomic E-state index is 0.243. The minimum atomic E-state index is -0.354. The number of aromatic nitrogens is 4. The molecule has 1 saturated heterocycles. The maximum absolute atomic E-state index is 12.2. The summed E-state index contributed by atoms with van der Waals surface area (Å²) in [6.45, 7) is 8.14. The lowest BCUT2D eigenvalue weighted by Crippen LogP contribution is -2.38. The van der Waals surface area contributed by atoms with Crippen LogP contribution in [0.4, 0.5) is 17.2 Å². The first-order valence-corrected chi connectivity index (χ1v) is 13.1. The first-order valence-electron chi connectivity index (χ1n) is 12.7. The number of hydrogen-bond acceptors (Lipinski definition) is 10. The fourth-order valence-electron chi connectivity index (χ4n) is 4.08. The summed E-state index contributed by atoms with van der Waals surface area (Å²) in [5, 5.41) is 7.21. The van der Waals surface area contributed by atoms with Crippen LogP contribution in [0, 0.1) is 0 Å². The predicted octanol–water partition coefficient (Wildman–Crippen LogP) is 4.23. The van der Waals surface area contributed by atoms with Crippen LogP contribution in [0.5, 0.6) is 11.5 Å². The zero-order valence-corrected chi connectivity index (χ0v) is 22.4. The van der Waals surface area contributed by atoms with Gasteiger partial charge in [0.05, 0.1) is 41.3 Å². The molecule has 0 atom stereocenters. The maximum atomic E-state index is 12.2. The molecule has 1 amide bonds. The summed E-state index contributed by atoms with van der Waals surface area (Å²) in [7, 11) is 0. The van der Waals surface area contributed by atoms with Gasteiger partial charge in [-0.2, -0.15) is 0 Å². The summed E-state index contributed by atoms with van der Waals surface area (Å²) >= 11 is 6.49. The van der Waals surface area contributed by atoms with E-state index in [4.69, 9.17) is 25.8 Å². The highest BCUT2D eigenvalue weighted by atomic mass is 35.5. The number of halogens is 1. The fraction of sp³-hybridized carbons (Fsp3) is 0.250. The van der Waals surface area contributed by atoms with E-state index < -0.39 is 0 Å². The van der Waals surface area contributed by atoms with E-state index in [1.54, 1.807) is 42.9 Å². The lowest BCUT2D eigenvalue weighted by Gasteiger charge is -2.26. The van der Waals surface area contributed by atoms with Gasteiger partial charge in [0.15, 0.2) is 0 Å². The highest BCUT2D eigenvalue weighted by molar-refractivity contribution is 6.32. The number of benzene rings is 2. The molecule has 0 aliphatic carbocycles. The third-order valence-electron chi connectivity index (χ3n) is 6.14. The molecule has 12 heteroatoms. The number of amides is 1. The molecule has 0 radical (unpaired) electrons. The zero-order valence-electron chi connectivity index (χ0n) is 21.7. The Labute approximate surface area is 236 Å². The van der Waals surface area contributed by atoms with E-state index in [1.807, 2.05) is 6.07 Å². The molecule has 11 nitrogen and oxygen atoms in total. The summed E-state index contributed by atoms with van der Waals surface area (Å²) in [5.74, 6) is 1.20. The first kappa shape index (κ1) is 27.3. The molecule has 0 unspecified atom stereocenters. The molecule has 1 fully saturated rings. The monoisotopic (exact) mass is 561 g/mol. The Bertz CT molecular complexity index is 1480. The topological polar surface area (TPSA) is 124 Å². The normalized spacial score (nSPS) is 13.5. The van der Waals surface area contributed by atoms with E-state index in [1.165, 1.54) is 12.4 Å². The Morgan fingerprint density at radius 3 is 2.75 bits per heavy atom. The van der Waals surface area contributed by atoms with E-state index in [2.05, 4.69) is 42.0 Å². The smallest absolute Gasteiger partial charge is 0.247 e. The van der Waals surface area contributed by atoms with Gasteiger partial charge in [0.2, 0.25) is 5.91 Å². The van der Waals surface area contributed by atoms with Gasteiger partial charge in [-0.05, 0) is 30.3 Å². The van der Waals surface area contributed by atoms with Crippen LogP contribution in [-0.4, -0.2) is 70.2 Å². The van der Waals surface area contributed by atoms with E-state index in [0.29, 0.717) is 70.1 Å². The van der Waals surface area contributed by atoms with Crippen LogP contribution in [0.1, 0.15) is 5.69 Å². The summed E-state index contributed by atoms with van der Waals surface area (Å²) in [6, 6.07) is 8.90. The number of nitrogens with zero attached hydrogens (tertiary/aromatic N) is 5. The summed E-state index contributed by atoms with van der Waals surface area (Å²) < 4.78 is 17.3. The van der Waals surface area contributed by atoms with E-state index in [0.717, 1.165) is 19.6 Å². The van der Waals surface area contributed by atoms with Crippen LogP contribution in [0.15, 0.2) is 67.9 Å². The summed E-state index contributed by atoms with van der Waals surface area (Å²) in [4.78, 5) is 31.5. The van der Waals surface area contributed by atoms with Gasteiger partial charge in [-0.1, -0.05) is 18.2 Å². The van der Waals surface area contributed by atoms with Gasteiger partial charge in [-0.15, -0.1) is 0 Å². The standard InChI is InChI=1S/C28H28ClN7O4/c1-2-27(37)35-24-14-21-23(15-26(24)39-12-9-36-7-10-38-11-8-36)32-18-33-28(21)34-19-3-4-25(22(29)13-19)40-17-20-16-30-5-6-31-20/h2-6,13-16,18H,1,7-12,17H2,(H,35,37)(H,32,33,34). The second-order valence-corrected chi connectivity index (χ2v) is 9.25. The largest absolute Gasteiger partial charge is 0.490 e. The number of ether oxygens (including phenoxy) is 3. The van der Waals surface area contributed by atoms with Crippen LogP contribution in [-0.2, 0) is 16.1 Å². The Morgan fingerprint density at radius 1 is 1.10 bits per heavy atom. The number of anilines is 3. The molecule has 0 spiro atoms. The lowest BCUT2D eigenvalue weighted by atomic mass is 10.1. The van der Waals surface area contributed by atoms with Crippen LogP contribution < -0.4 is 20.1 Å². The van der Waals surface area contributed by atoms with Crippen molar-refractivity contribution in [2.75, 3.05) is 50.1 Å². The highest BCUT2D eigenvalue weighted by Crippen LogP contribution is 2.35. The summed E-state index contributed by atoms with van der Waals surface area (Å²) in [5.41, 5.74) is 2.52. The van der Waals surface area contributed by atoms with Crippen molar-refractivity contribution in [3.63, 3.8) is 0 Å². The zero-order chi connectivity index (χ0) is 27.7. The lowest BCUT2D eigenvalue weighted by molar-refractivity contribution is -0.111. The molecule has 0 saturated carbocycles. The maximum Gasteiger partial charge on any atom is 0.247 e. The number of hydrogen-bond donors (Lipinski definition) is 2. The number of carbonyl (C=O) groups excluding carboxylic acids is 1. The van der Waals surface area contributed by atoms with Crippen molar-refractivity contribution in [2.24, 2.45) is 0 Å². The molecule has 0 bridgehead atoms. The molecular formula is C28H28ClN7O4. The molecule has 1 aliphatic heterocycles. The van der Waals surface area contributed by atoms with E-state index in [-0.39, 0.29) is 12.5 Å². The molecule has 1 aliphatic rings. The molecule has 2 aromatic carbocycles. The molecule has 5 rings (SSSR count). The van der Waals surface area contributed by atoms with Gasteiger partial charge in [0, 0.05) is 49.2 Å². The Hall–Kier alpha value is -4.32. The van der Waals surface area contributed by atoms with Gasteiger partial charge in [-0.3, -0.25) is 19.7 Å². The van der Waals surface area contributed by atoms with Crippen molar-refractivity contribution in [1.82, 2.24) is 24.8 Å². The Balaban J connectivity index is 1.34.